The summed E-state index contributed by atoms with van der Waals surface area (Å²) in [5.74, 6) is -0.534. The zero-order chi connectivity index (χ0) is 11.1. The molecule has 0 rings (SSSR count). The molecule has 80 valence electrons. The highest BCUT2D eigenvalue weighted by Gasteiger charge is 2.10. The summed E-state index contributed by atoms with van der Waals surface area (Å²) in [4.78, 5) is 10.1. The van der Waals surface area contributed by atoms with E-state index in [2.05, 4.69) is 17.9 Å². The summed E-state index contributed by atoms with van der Waals surface area (Å²) in [7, 11) is -3.07. The lowest BCUT2D eigenvalue weighted by atomic mass is 10.3. The van der Waals surface area contributed by atoms with Crippen LogP contribution in [0.5, 0.6) is 0 Å². The Hall–Kier alpha value is -0.350. The van der Waals surface area contributed by atoms with Crippen LogP contribution in [-0.4, -0.2) is 47.4 Å². The van der Waals surface area contributed by atoms with Gasteiger partial charge in [0, 0.05) is 5.75 Å². The van der Waals surface area contributed by atoms with Crippen LogP contribution >= 0.6 is 12.6 Å². The van der Waals surface area contributed by atoms with Crippen molar-refractivity contribution >= 4 is 29.0 Å². The van der Waals surface area contributed by atoms with Crippen LogP contribution in [0.25, 0.3) is 0 Å². The Morgan fingerprint density at radius 3 is 1.85 bits per heavy atom. The fourth-order valence-corrected chi connectivity index (χ4v) is 0.632. The van der Waals surface area contributed by atoms with Gasteiger partial charge in [0.25, 0.3) is 0 Å². The quantitative estimate of drug-likeness (QED) is 0.311. The Morgan fingerprint density at radius 1 is 1.54 bits per heavy atom. The molecular formula is C4H11NO6S2. The average Bonchev–Trinajstić information content (AvgIpc) is 1.85. The molecule has 1 atom stereocenters. The molecule has 0 spiro atoms. The van der Waals surface area contributed by atoms with Gasteiger partial charge in [0.15, 0.2) is 0 Å². The second kappa shape index (κ2) is 7.09. The lowest BCUT2D eigenvalue weighted by Gasteiger charge is -2.04. The van der Waals surface area contributed by atoms with E-state index in [-0.39, 0.29) is 0 Å². The van der Waals surface area contributed by atoms with Gasteiger partial charge in [-0.15, -0.1) is 0 Å². The molecule has 0 aliphatic carbocycles. The fourth-order valence-electron chi connectivity index (χ4n) is 0.293. The molecule has 9 heteroatoms. The first-order valence-electron chi connectivity index (χ1n) is 2.93. The third-order valence-electron chi connectivity index (χ3n) is 0.829. The van der Waals surface area contributed by atoms with Crippen molar-refractivity contribution in [2.45, 2.75) is 6.04 Å². The molecule has 4 N–H and O–H groups in total. The number of hydrogen-bond donors (Lipinski definition) is 5. The van der Waals surface area contributed by atoms with E-state index >= 15 is 0 Å². The largest absolute Gasteiger partial charge is 0.480 e. The van der Waals surface area contributed by atoms with Crippen molar-refractivity contribution in [1.29, 1.82) is 0 Å². The second-order valence-electron chi connectivity index (χ2n) is 1.81. The predicted octanol–water partition coefficient (Wildman–Crippen LogP) is -1.06. The van der Waals surface area contributed by atoms with Gasteiger partial charge in [-0.05, 0) is 7.05 Å². The Labute approximate surface area is 81.1 Å². The third kappa shape index (κ3) is 18.5. The zero-order valence-corrected chi connectivity index (χ0v) is 8.42. The number of hydrogen-bond acceptors (Lipinski definition) is 5. The Kier molecular flexibility index (Phi) is 8.26. The van der Waals surface area contributed by atoms with E-state index in [4.69, 9.17) is 22.6 Å². The number of carboxylic acids is 1. The molecule has 13 heavy (non-hydrogen) atoms. The molecule has 0 bridgehead atoms. The van der Waals surface area contributed by atoms with Gasteiger partial charge in [-0.25, -0.2) is 0 Å². The summed E-state index contributed by atoms with van der Waals surface area (Å²) in [5.41, 5.74) is 0. The van der Waals surface area contributed by atoms with Crippen LogP contribution in [0.15, 0.2) is 0 Å². The van der Waals surface area contributed by atoms with E-state index in [1.54, 1.807) is 7.05 Å². The topological polar surface area (TPSA) is 124 Å². The van der Waals surface area contributed by atoms with Gasteiger partial charge in [-0.2, -0.15) is 21.0 Å². The predicted molar refractivity (Wildman–Crippen MR) is 48.5 cm³/mol. The molecule has 0 saturated heterocycles. The Balaban J connectivity index is 0. The number of likely N-dealkylation sites (N-methyl/N-ethyl adjacent to an activating group) is 1. The minimum absolute atomic E-state index is 0.325. The maximum absolute atomic E-state index is 10.1. The molecule has 0 aromatic heterocycles. The van der Waals surface area contributed by atoms with Crippen molar-refractivity contribution in [2.75, 3.05) is 12.8 Å². The van der Waals surface area contributed by atoms with E-state index in [1.165, 1.54) is 0 Å². The maximum atomic E-state index is 10.1. The van der Waals surface area contributed by atoms with E-state index in [1.807, 2.05) is 0 Å². The normalized spacial score (nSPS) is 12.6. The maximum Gasteiger partial charge on any atom is 0.394 e. The van der Waals surface area contributed by atoms with Gasteiger partial charge in [-0.3, -0.25) is 13.9 Å². The van der Waals surface area contributed by atoms with Crippen LogP contribution in [0, 0.1) is 0 Å². The van der Waals surface area contributed by atoms with E-state index in [0.717, 1.165) is 0 Å². The van der Waals surface area contributed by atoms with Crippen molar-refractivity contribution in [2.24, 2.45) is 0 Å². The standard InChI is InChI=1S/C4H9NO2S.H2O4S/c1-5-3(2-8)4(6)7;1-5(2,3)4/h3,5,8H,2H2,1H3,(H,6,7);(H2,1,2,3,4)/t3-;/m0./s1. The van der Waals surface area contributed by atoms with Crippen LogP contribution in [0.2, 0.25) is 0 Å². The van der Waals surface area contributed by atoms with Crippen LogP contribution in [0.3, 0.4) is 0 Å². The summed E-state index contributed by atoms with van der Waals surface area (Å²) in [6.07, 6.45) is 0. The van der Waals surface area contributed by atoms with Gasteiger partial charge in [0.1, 0.15) is 6.04 Å². The molecule has 0 unspecified atom stereocenters. The first-order valence-corrected chi connectivity index (χ1v) is 4.96. The number of rotatable bonds is 3. The molecule has 0 aliphatic heterocycles. The molecular weight excluding hydrogens is 222 g/mol. The number of nitrogens with one attached hydrogen (secondary N) is 1. The fraction of sp³-hybridized carbons (Fsp3) is 0.750. The first kappa shape index (κ1) is 15.1. The minimum Gasteiger partial charge on any atom is -0.480 e. The molecule has 0 aromatic rings. The third-order valence-corrected chi connectivity index (χ3v) is 1.19. The molecule has 7 nitrogen and oxygen atoms in total. The Morgan fingerprint density at radius 2 is 1.85 bits per heavy atom. The van der Waals surface area contributed by atoms with Gasteiger partial charge in [0.05, 0.1) is 0 Å². The van der Waals surface area contributed by atoms with Gasteiger partial charge >= 0.3 is 16.4 Å². The van der Waals surface area contributed by atoms with Crippen LogP contribution in [-0.2, 0) is 15.2 Å². The van der Waals surface area contributed by atoms with Crippen molar-refractivity contribution in [1.82, 2.24) is 5.32 Å². The highest BCUT2D eigenvalue weighted by Crippen LogP contribution is 1.84. The molecule has 0 amide bonds. The molecule has 0 aliphatic rings. The molecule has 0 aromatic carbocycles. The lowest BCUT2D eigenvalue weighted by Crippen LogP contribution is -2.35. The van der Waals surface area contributed by atoms with Gasteiger partial charge < -0.3 is 10.4 Å². The van der Waals surface area contributed by atoms with E-state index in [0.29, 0.717) is 5.75 Å². The van der Waals surface area contributed by atoms with Gasteiger partial charge in [-0.1, -0.05) is 0 Å². The number of thiol groups is 1. The number of aliphatic carboxylic acids is 1. The summed E-state index contributed by atoms with van der Waals surface area (Å²) >= 11 is 3.79. The molecule has 0 heterocycles. The van der Waals surface area contributed by atoms with Gasteiger partial charge in [0.2, 0.25) is 0 Å². The van der Waals surface area contributed by atoms with Crippen molar-refractivity contribution in [3.63, 3.8) is 0 Å². The summed E-state index contributed by atoms with van der Waals surface area (Å²) in [6, 6.07) is -0.515. The van der Waals surface area contributed by atoms with Crippen molar-refractivity contribution in [3.05, 3.63) is 0 Å². The smallest absolute Gasteiger partial charge is 0.394 e. The van der Waals surface area contributed by atoms with E-state index < -0.39 is 22.4 Å². The molecule has 0 saturated carbocycles. The lowest BCUT2D eigenvalue weighted by molar-refractivity contribution is -0.138. The molecule has 0 radical (unpaired) electrons. The average molecular weight is 233 g/mol. The number of carbonyl (C=O) groups is 1. The zero-order valence-electron chi connectivity index (χ0n) is 6.71. The van der Waals surface area contributed by atoms with Crippen LogP contribution in [0.4, 0.5) is 0 Å². The van der Waals surface area contributed by atoms with Crippen molar-refractivity contribution in [3.8, 4) is 0 Å². The second-order valence-corrected chi connectivity index (χ2v) is 3.07. The van der Waals surface area contributed by atoms with Crippen molar-refractivity contribution < 1.29 is 27.4 Å². The summed E-state index contributed by atoms with van der Waals surface area (Å²) in [5, 5.41) is 10.8. The molecule has 0 fully saturated rings. The summed E-state index contributed by atoms with van der Waals surface area (Å²) < 4.78 is 31.6. The van der Waals surface area contributed by atoms with E-state index in [9.17, 15) is 4.79 Å². The highest BCUT2D eigenvalue weighted by molar-refractivity contribution is 7.80. The highest BCUT2D eigenvalue weighted by atomic mass is 32.3. The Bertz CT molecular complexity index is 225. The number of carboxylic acid groups (broad SMARTS) is 1. The summed E-state index contributed by atoms with van der Waals surface area (Å²) in [6.45, 7) is 0. The van der Waals surface area contributed by atoms with Crippen LogP contribution < -0.4 is 5.32 Å². The minimum atomic E-state index is -4.67. The van der Waals surface area contributed by atoms with Crippen LogP contribution in [0.1, 0.15) is 0 Å². The first-order chi connectivity index (χ1) is 5.72. The monoisotopic (exact) mass is 233 g/mol. The SMILES string of the molecule is CN[C@@H](CS)C(=O)O.O=S(=O)(O)O.